The molecule has 1 aromatic rings. The zero-order chi connectivity index (χ0) is 14.8. The number of rotatable bonds is 2. The molecule has 0 radical (unpaired) electrons. The summed E-state index contributed by atoms with van der Waals surface area (Å²) in [5.41, 5.74) is 3.62. The van der Waals surface area contributed by atoms with Crippen LogP contribution in [0.3, 0.4) is 0 Å². The molecule has 1 aliphatic heterocycles. The molecular formula is C17H25N3. The third kappa shape index (κ3) is 3.34. The van der Waals surface area contributed by atoms with Crippen molar-refractivity contribution in [2.24, 2.45) is 4.99 Å². The summed E-state index contributed by atoms with van der Waals surface area (Å²) in [5, 5.41) is 0. The van der Waals surface area contributed by atoms with Crippen molar-refractivity contribution >= 4 is 11.5 Å². The lowest BCUT2D eigenvalue weighted by atomic mass is 9.97. The topological polar surface area (TPSA) is 28.5 Å². The van der Waals surface area contributed by atoms with Gasteiger partial charge in [0.15, 0.2) is 5.82 Å². The van der Waals surface area contributed by atoms with E-state index in [1.807, 2.05) is 12.3 Å². The Hall–Kier alpha value is -1.48. The smallest absolute Gasteiger partial charge is 0.155 e. The molecule has 2 rings (SSSR count). The fraction of sp³-hybridized carbons (Fsp3) is 0.529. The number of aromatic nitrogens is 1. The average molecular weight is 271 g/mol. The Bertz CT molecular complexity index is 523. The van der Waals surface area contributed by atoms with Crippen LogP contribution in [0.25, 0.3) is 0 Å². The van der Waals surface area contributed by atoms with Crippen LogP contribution in [0.5, 0.6) is 0 Å². The number of piperidine rings is 1. The van der Waals surface area contributed by atoms with E-state index in [1.165, 1.54) is 5.56 Å². The minimum atomic E-state index is 0.189. The van der Waals surface area contributed by atoms with Crippen molar-refractivity contribution in [3.05, 3.63) is 36.0 Å². The summed E-state index contributed by atoms with van der Waals surface area (Å²) in [6, 6.07) is 4.07. The van der Waals surface area contributed by atoms with Crippen molar-refractivity contribution in [2.75, 3.05) is 13.1 Å². The second-order valence-electron chi connectivity index (χ2n) is 6.34. The van der Waals surface area contributed by atoms with Crippen LogP contribution in [0.15, 0.2) is 35.5 Å². The van der Waals surface area contributed by atoms with Crippen molar-refractivity contribution in [1.29, 1.82) is 0 Å². The summed E-state index contributed by atoms with van der Waals surface area (Å²) >= 11 is 0. The minimum Gasteiger partial charge on any atom is -0.294 e. The van der Waals surface area contributed by atoms with Crippen molar-refractivity contribution in [1.82, 2.24) is 9.88 Å². The maximum atomic E-state index is 4.77. The molecule has 20 heavy (non-hydrogen) atoms. The van der Waals surface area contributed by atoms with Gasteiger partial charge in [0.1, 0.15) is 0 Å². The molecule has 3 heteroatoms. The summed E-state index contributed by atoms with van der Waals surface area (Å²) in [7, 11) is 0. The first kappa shape index (κ1) is 14.9. The molecule has 0 unspecified atom stereocenters. The standard InChI is InChI=1S/C17H25N3/c1-6-14-8-7-10-18-16(14)19-15-9-11-20(12-13(15)2)17(3,4)5/h7-8,10H,2,6,9,11-12H2,1,3-5H3. The lowest BCUT2D eigenvalue weighted by Gasteiger charge is -2.39. The summed E-state index contributed by atoms with van der Waals surface area (Å²) in [5.74, 6) is 0.857. The molecule has 3 nitrogen and oxygen atoms in total. The van der Waals surface area contributed by atoms with E-state index in [9.17, 15) is 0 Å². The summed E-state index contributed by atoms with van der Waals surface area (Å²) in [6.07, 6.45) is 3.72. The summed E-state index contributed by atoms with van der Waals surface area (Å²) in [6.45, 7) is 15.0. The number of likely N-dealkylation sites (tertiary alicyclic amines) is 1. The lowest BCUT2D eigenvalue weighted by Crippen LogP contribution is -2.47. The Morgan fingerprint density at radius 1 is 1.40 bits per heavy atom. The molecule has 0 atom stereocenters. The van der Waals surface area contributed by atoms with Crippen LogP contribution in [-0.4, -0.2) is 34.2 Å². The van der Waals surface area contributed by atoms with Crippen LogP contribution in [0.2, 0.25) is 0 Å². The largest absolute Gasteiger partial charge is 0.294 e. The number of pyridine rings is 1. The van der Waals surface area contributed by atoms with Crippen molar-refractivity contribution in [3.8, 4) is 0 Å². The van der Waals surface area contributed by atoms with Gasteiger partial charge in [0.2, 0.25) is 0 Å². The number of aryl methyl sites for hydroxylation is 1. The van der Waals surface area contributed by atoms with Crippen LogP contribution >= 0.6 is 0 Å². The molecule has 1 fully saturated rings. The van der Waals surface area contributed by atoms with E-state index in [0.717, 1.165) is 43.0 Å². The molecule has 0 N–H and O–H groups in total. The van der Waals surface area contributed by atoms with Gasteiger partial charge in [-0.3, -0.25) is 4.90 Å². The molecule has 2 heterocycles. The molecule has 0 amide bonds. The Morgan fingerprint density at radius 3 is 2.75 bits per heavy atom. The molecule has 0 aliphatic carbocycles. The first-order chi connectivity index (χ1) is 9.41. The summed E-state index contributed by atoms with van der Waals surface area (Å²) in [4.78, 5) is 11.6. The Balaban J connectivity index is 2.19. The average Bonchev–Trinajstić information content (AvgIpc) is 2.40. The molecule has 1 aromatic heterocycles. The number of aliphatic imine (C=N–C) groups is 1. The Kier molecular flexibility index (Phi) is 4.39. The number of nitrogens with zero attached hydrogens (tertiary/aromatic N) is 3. The maximum absolute atomic E-state index is 4.77. The van der Waals surface area contributed by atoms with Gasteiger partial charge in [-0.15, -0.1) is 0 Å². The molecule has 1 aliphatic rings. The van der Waals surface area contributed by atoms with Gasteiger partial charge in [-0.05, 0) is 44.4 Å². The third-order valence-corrected chi connectivity index (χ3v) is 3.85. The normalized spacial score (nSPS) is 19.6. The van der Waals surface area contributed by atoms with E-state index in [-0.39, 0.29) is 5.54 Å². The fourth-order valence-electron chi connectivity index (χ4n) is 2.46. The lowest BCUT2D eigenvalue weighted by molar-refractivity contribution is 0.151. The van der Waals surface area contributed by atoms with E-state index in [2.05, 4.69) is 50.2 Å². The number of hydrogen-bond acceptors (Lipinski definition) is 3. The van der Waals surface area contributed by atoms with Gasteiger partial charge >= 0.3 is 0 Å². The highest BCUT2D eigenvalue weighted by molar-refractivity contribution is 6.02. The first-order valence-corrected chi connectivity index (χ1v) is 7.36. The zero-order valence-electron chi connectivity index (χ0n) is 13.1. The van der Waals surface area contributed by atoms with Gasteiger partial charge in [-0.1, -0.05) is 19.6 Å². The monoisotopic (exact) mass is 271 g/mol. The van der Waals surface area contributed by atoms with E-state index in [0.29, 0.717) is 0 Å². The predicted molar refractivity (Wildman–Crippen MR) is 85.8 cm³/mol. The molecule has 0 saturated carbocycles. The molecule has 1 saturated heterocycles. The van der Waals surface area contributed by atoms with Gasteiger partial charge in [-0.2, -0.15) is 0 Å². The van der Waals surface area contributed by atoms with Gasteiger partial charge in [0.25, 0.3) is 0 Å². The SMILES string of the molecule is C=C1CN(C(C)(C)C)CCC1=Nc1ncccc1CC. The van der Waals surface area contributed by atoms with Gasteiger partial charge in [-0.25, -0.2) is 9.98 Å². The Labute approximate surface area is 122 Å². The van der Waals surface area contributed by atoms with Crippen LogP contribution < -0.4 is 0 Å². The third-order valence-electron chi connectivity index (χ3n) is 3.85. The number of hydrogen-bond donors (Lipinski definition) is 0. The highest BCUT2D eigenvalue weighted by Gasteiger charge is 2.27. The predicted octanol–water partition coefficient (Wildman–Crippen LogP) is 3.78. The quantitative estimate of drug-likeness (QED) is 0.819. The van der Waals surface area contributed by atoms with Crippen LogP contribution in [0.4, 0.5) is 5.82 Å². The van der Waals surface area contributed by atoms with Gasteiger partial charge in [0, 0.05) is 37.0 Å². The second-order valence-corrected chi connectivity index (χ2v) is 6.34. The van der Waals surface area contributed by atoms with Crippen LogP contribution in [0, 0.1) is 0 Å². The van der Waals surface area contributed by atoms with Crippen LogP contribution in [0.1, 0.15) is 39.7 Å². The van der Waals surface area contributed by atoms with Crippen LogP contribution in [-0.2, 0) is 6.42 Å². The molecular weight excluding hydrogens is 246 g/mol. The van der Waals surface area contributed by atoms with Crippen molar-refractivity contribution < 1.29 is 0 Å². The van der Waals surface area contributed by atoms with E-state index in [4.69, 9.17) is 4.99 Å². The zero-order valence-corrected chi connectivity index (χ0v) is 13.1. The van der Waals surface area contributed by atoms with E-state index < -0.39 is 0 Å². The van der Waals surface area contributed by atoms with Crippen molar-refractivity contribution in [3.63, 3.8) is 0 Å². The van der Waals surface area contributed by atoms with Crippen molar-refractivity contribution in [2.45, 2.75) is 46.1 Å². The first-order valence-electron chi connectivity index (χ1n) is 7.36. The maximum Gasteiger partial charge on any atom is 0.155 e. The van der Waals surface area contributed by atoms with Gasteiger partial charge < -0.3 is 0 Å². The van der Waals surface area contributed by atoms with Gasteiger partial charge in [0.05, 0.1) is 0 Å². The molecule has 108 valence electrons. The highest BCUT2D eigenvalue weighted by Crippen LogP contribution is 2.24. The minimum absolute atomic E-state index is 0.189. The molecule has 0 aromatic carbocycles. The summed E-state index contributed by atoms with van der Waals surface area (Å²) < 4.78 is 0. The Morgan fingerprint density at radius 2 is 2.15 bits per heavy atom. The highest BCUT2D eigenvalue weighted by atomic mass is 15.2. The van der Waals surface area contributed by atoms with E-state index >= 15 is 0 Å². The second kappa shape index (κ2) is 5.88. The molecule has 0 bridgehead atoms. The molecule has 0 spiro atoms. The van der Waals surface area contributed by atoms with E-state index in [1.54, 1.807) is 0 Å². The fourth-order valence-corrected chi connectivity index (χ4v) is 2.46.